The summed E-state index contributed by atoms with van der Waals surface area (Å²) in [5.74, 6) is -0.158. The number of halogens is 2. The van der Waals surface area contributed by atoms with Crippen LogP contribution in [0.5, 0.6) is 11.5 Å². The summed E-state index contributed by atoms with van der Waals surface area (Å²) in [5.41, 5.74) is 3.16. The number of carbonyl (C=O) groups is 3. The minimum atomic E-state index is -0.672. The molecule has 1 aliphatic rings. The van der Waals surface area contributed by atoms with Crippen LogP contribution in [0.4, 0.5) is 10.5 Å². The Labute approximate surface area is 233 Å². The smallest absolute Gasteiger partial charge is 0.329 e. The molecule has 0 aromatic heterocycles. The maximum atomic E-state index is 12.9. The summed E-state index contributed by atoms with van der Waals surface area (Å²) in [6.07, 6.45) is 2.25. The van der Waals surface area contributed by atoms with Gasteiger partial charge in [-0.25, -0.2) is 9.69 Å². The molecule has 3 aromatic carbocycles. The van der Waals surface area contributed by atoms with Crippen LogP contribution in [0, 0.1) is 0 Å². The van der Waals surface area contributed by atoms with Crippen molar-refractivity contribution in [2.24, 2.45) is 0 Å². The highest BCUT2D eigenvalue weighted by Gasteiger charge is 2.35. The van der Waals surface area contributed by atoms with Crippen molar-refractivity contribution in [2.75, 3.05) is 19.0 Å². The molecule has 0 saturated carbocycles. The second kappa shape index (κ2) is 12.1. The van der Waals surface area contributed by atoms with E-state index in [0.717, 1.165) is 22.4 Å². The zero-order valence-corrected chi connectivity index (χ0v) is 23.1. The minimum Gasteiger partial charge on any atom is -0.493 e. The van der Waals surface area contributed by atoms with Gasteiger partial charge in [0.15, 0.2) is 11.5 Å². The molecule has 0 spiro atoms. The summed E-state index contributed by atoms with van der Waals surface area (Å²) < 4.78 is 12.0. The number of urea groups is 1. The van der Waals surface area contributed by atoms with Crippen LogP contribution in [0.1, 0.15) is 23.6 Å². The van der Waals surface area contributed by atoms with Crippen LogP contribution in [0.3, 0.4) is 0 Å². The van der Waals surface area contributed by atoms with Gasteiger partial charge in [0.05, 0.1) is 11.6 Å². The lowest BCUT2D eigenvalue weighted by Gasteiger charge is -2.14. The van der Waals surface area contributed by atoms with E-state index in [1.165, 1.54) is 13.2 Å². The fraction of sp³-hybridized carbons (Fsp3) is 0.179. The molecule has 0 aliphatic carbocycles. The first-order valence-electron chi connectivity index (χ1n) is 11.8. The van der Waals surface area contributed by atoms with E-state index >= 15 is 0 Å². The van der Waals surface area contributed by atoms with E-state index in [4.69, 9.17) is 21.1 Å². The molecule has 38 heavy (non-hydrogen) atoms. The fourth-order valence-corrected chi connectivity index (χ4v) is 4.57. The SMILES string of the molecule is CCc1ccccc1NC(=O)CN1C(=O)N/C(=C/c2cc(Br)c(OCc3ccc(Cl)cc3)c(OC)c2)C1=O. The first-order valence-corrected chi connectivity index (χ1v) is 12.9. The van der Waals surface area contributed by atoms with Gasteiger partial charge in [-0.05, 0) is 75.4 Å². The van der Waals surface area contributed by atoms with Crippen molar-refractivity contribution >= 4 is 57.1 Å². The molecule has 10 heteroatoms. The maximum Gasteiger partial charge on any atom is 0.329 e. The number of imide groups is 1. The number of carbonyl (C=O) groups excluding carboxylic acids is 3. The van der Waals surface area contributed by atoms with Crippen molar-refractivity contribution in [3.05, 3.63) is 92.5 Å². The highest BCUT2D eigenvalue weighted by atomic mass is 79.9. The average molecular weight is 599 g/mol. The van der Waals surface area contributed by atoms with E-state index in [9.17, 15) is 14.4 Å². The van der Waals surface area contributed by atoms with Crippen molar-refractivity contribution < 1.29 is 23.9 Å². The Kier molecular flexibility index (Phi) is 8.70. The molecule has 2 N–H and O–H groups in total. The van der Waals surface area contributed by atoms with Gasteiger partial charge in [-0.3, -0.25) is 9.59 Å². The molecule has 4 rings (SSSR count). The van der Waals surface area contributed by atoms with Crippen molar-refractivity contribution in [3.8, 4) is 11.5 Å². The van der Waals surface area contributed by atoms with Crippen molar-refractivity contribution in [2.45, 2.75) is 20.0 Å². The molecule has 196 valence electrons. The van der Waals surface area contributed by atoms with Gasteiger partial charge in [0.2, 0.25) is 5.91 Å². The van der Waals surface area contributed by atoms with E-state index in [1.54, 1.807) is 30.3 Å². The molecule has 0 atom stereocenters. The third-order valence-electron chi connectivity index (χ3n) is 5.80. The normalized spacial score (nSPS) is 14.0. The van der Waals surface area contributed by atoms with Gasteiger partial charge in [-0.2, -0.15) is 0 Å². The van der Waals surface area contributed by atoms with Gasteiger partial charge in [0.25, 0.3) is 5.91 Å². The first kappa shape index (κ1) is 27.2. The number of para-hydroxylation sites is 1. The number of hydrogen-bond acceptors (Lipinski definition) is 5. The first-order chi connectivity index (χ1) is 18.3. The third-order valence-corrected chi connectivity index (χ3v) is 6.64. The van der Waals surface area contributed by atoms with E-state index in [0.29, 0.717) is 38.9 Å². The predicted octanol–water partition coefficient (Wildman–Crippen LogP) is 5.78. The highest BCUT2D eigenvalue weighted by Crippen LogP contribution is 2.38. The molecule has 4 amide bonds. The van der Waals surface area contributed by atoms with Gasteiger partial charge in [-0.1, -0.05) is 48.9 Å². The van der Waals surface area contributed by atoms with Crippen molar-refractivity contribution in [1.82, 2.24) is 10.2 Å². The van der Waals surface area contributed by atoms with Gasteiger partial charge >= 0.3 is 6.03 Å². The van der Waals surface area contributed by atoms with E-state index in [1.807, 2.05) is 37.3 Å². The summed E-state index contributed by atoms with van der Waals surface area (Å²) in [7, 11) is 1.51. The molecule has 0 radical (unpaired) electrons. The number of hydrogen-bond donors (Lipinski definition) is 2. The molecule has 8 nitrogen and oxygen atoms in total. The minimum absolute atomic E-state index is 0.0422. The van der Waals surface area contributed by atoms with Crippen LogP contribution >= 0.6 is 27.5 Å². The number of aryl methyl sites for hydroxylation is 1. The molecule has 3 aromatic rings. The van der Waals surface area contributed by atoms with Gasteiger partial charge < -0.3 is 20.1 Å². The number of ether oxygens (including phenoxy) is 2. The van der Waals surface area contributed by atoms with Crippen LogP contribution in [0.25, 0.3) is 6.08 Å². The van der Waals surface area contributed by atoms with Gasteiger partial charge in [0.1, 0.15) is 18.8 Å². The average Bonchev–Trinajstić information content (AvgIpc) is 3.16. The Bertz CT molecular complexity index is 1410. The summed E-state index contributed by atoms with van der Waals surface area (Å²) in [6.45, 7) is 1.86. The summed E-state index contributed by atoms with van der Waals surface area (Å²) in [4.78, 5) is 38.9. The van der Waals surface area contributed by atoms with E-state index < -0.39 is 24.4 Å². The fourth-order valence-electron chi connectivity index (χ4n) is 3.87. The number of benzene rings is 3. The van der Waals surface area contributed by atoms with Crippen LogP contribution in [0.15, 0.2) is 70.8 Å². The topological polar surface area (TPSA) is 97.0 Å². The Morgan fingerprint density at radius 3 is 2.58 bits per heavy atom. The van der Waals surface area contributed by atoms with Crippen LogP contribution in [-0.4, -0.2) is 36.4 Å². The van der Waals surface area contributed by atoms with Crippen LogP contribution < -0.4 is 20.1 Å². The largest absolute Gasteiger partial charge is 0.493 e. The standard InChI is InChI=1S/C28H25BrClN3O5/c1-3-19-6-4-5-7-22(19)31-25(34)15-33-27(35)23(32-28(33)36)13-18-12-21(29)26(24(14-18)37-2)38-16-17-8-10-20(30)11-9-17/h4-14H,3,15-16H2,1-2H3,(H,31,34)(H,32,36)/b23-13+. The van der Waals surface area contributed by atoms with Crippen molar-refractivity contribution in [1.29, 1.82) is 0 Å². The molecule has 1 fully saturated rings. The van der Waals surface area contributed by atoms with E-state index in [2.05, 4.69) is 26.6 Å². The second-order valence-electron chi connectivity index (χ2n) is 8.39. The quantitative estimate of drug-likeness (QED) is 0.240. The monoisotopic (exact) mass is 597 g/mol. The molecule has 0 unspecified atom stereocenters. The van der Waals surface area contributed by atoms with Crippen molar-refractivity contribution in [3.63, 3.8) is 0 Å². The number of nitrogens with zero attached hydrogens (tertiary/aromatic N) is 1. The molecule has 1 saturated heterocycles. The number of nitrogens with one attached hydrogen (secondary N) is 2. The van der Waals surface area contributed by atoms with E-state index in [-0.39, 0.29) is 5.70 Å². The zero-order chi connectivity index (χ0) is 27.2. The Morgan fingerprint density at radius 2 is 1.87 bits per heavy atom. The number of rotatable bonds is 9. The summed E-state index contributed by atoms with van der Waals surface area (Å²) >= 11 is 9.44. The lowest BCUT2D eigenvalue weighted by Crippen LogP contribution is -2.38. The van der Waals surface area contributed by atoms with Gasteiger partial charge in [0, 0.05) is 10.7 Å². The molecule has 0 bridgehead atoms. The number of anilines is 1. The van der Waals surface area contributed by atoms with Crippen LogP contribution in [0.2, 0.25) is 5.02 Å². The van der Waals surface area contributed by atoms with Gasteiger partial charge in [-0.15, -0.1) is 0 Å². The Morgan fingerprint density at radius 1 is 1.13 bits per heavy atom. The number of methoxy groups -OCH3 is 1. The molecular formula is C28H25BrClN3O5. The molecular weight excluding hydrogens is 574 g/mol. The maximum absolute atomic E-state index is 12.9. The summed E-state index contributed by atoms with van der Waals surface area (Å²) in [5, 5.41) is 5.95. The molecule has 1 aliphatic heterocycles. The lowest BCUT2D eigenvalue weighted by molar-refractivity contribution is -0.127. The Balaban J connectivity index is 1.47. The Hall–Kier alpha value is -3.82. The zero-order valence-electron chi connectivity index (χ0n) is 20.7. The lowest BCUT2D eigenvalue weighted by atomic mass is 10.1. The number of amides is 4. The molecule has 1 heterocycles. The summed E-state index contributed by atoms with van der Waals surface area (Å²) in [6, 6.07) is 17.4. The second-order valence-corrected chi connectivity index (χ2v) is 9.68. The third kappa shape index (κ3) is 6.35. The highest BCUT2D eigenvalue weighted by molar-refractivity contribution is 9.10. The van der Waals surface area contributed by atoms with Crippen LogP contribution in [-0.2, 0) is 22.6 Å². The predicted molar refractivity (Wildman–Crippen MR) is 149 cm³/mol.